The molecule has 0 radical (unpaired) electrons. The van der Waals surface area contributed by atoms with Crippen LogP contribution in [0.25, 0.3) is 0 Å². The third kappa shape index (κ3) is 3.46. The first-order valence-corrected chi connectivity index (χ1v) is 8.61. The number of carbonyl (C=O) groups is 1. The van der Waals surface area contributed by atoms with Gasteiger partial charge in [-0.1, -0.05) is 41.5 Å². The van der Waals surface area contributed by atoms with E-state index in [9.17, 15) is 4.79 Å². The monoisotopic (exact) mass is 323 g/mol. The minimum absolute atomic E-state index is 0.0373. The van der Waals surface area contributed by atoms with E-state index in [1.165, 1.54) is 16.7 Å². The molecule has 0 unspecified atom stereocenters. The van der Waals surface area contributed by atoms with Crippen molar-refractivity contribution in [3.8, 4) is 0 Å². The van der Waals surface area contributed by atoms with Crippen molar-refractivity contribution >= 4 is 29.3 Å². The maximum Gasteiger partial charge on any atom is 0.237 e. The third-order valence-electron chi connectivity index (χ3n) is 4.20. The number of amides is 1. The molecule has 0 saturated carbocycles. The Labute approximate surface area is 136 Å². The molecule has 0 aromatic heterocycles. The lowest BCUT2D eigenvalue weighted by Gasteiger charge is -2.40. The predicted octanol–water partition coefficient (Wildman–Crippen LogP) is 4.14. The first kappa shape index (κ1) is 16.4. The van der Waals surface area contributed by atoms with E-state index in [2.05, 4.69) is 31.3 Å². The number of nitrogens with one attached hydrogen (secondary N) is 1. The Bertz CT molecular complexity index is 543. The average molecular weight is 324 g/mol. The van der Waals surface area contributed by atoms with E-state index in [0.29, 0.717) is 0 Å². The van der Waals surface area contributed by atoms with E-state index in [0.717, 1.165) is 18.6 Å². The molecular formula is C17H22ClNOS. The van der Waals surface area contributed by atoms with Gasteiger partial charge in [-0.15, -0.1) is 23.4 Å². The minimum Gasteiger partial charge on any atom is -0.358 e. The van der Waals surface area contributed by atoms with Crippen molar-refractivity contribution in [3.05, 3.63) is 47.0 Å². The second-order valence-corrected chi connectivity index (χ2v) is 7.48. The number of thioether (sulfide) groups is 1. The molecule has 4 heteroatoms. The number of allylic oxidation sites excluding steroid dienone is 2. The summed E-state index contributed by atoms with van der Waals surface area (Å²) in [7, 11) is 1.69. The van der Waals surface area contributed by atoms with E-state index in [4.69, 9.17) is 11.6 Å². The summed E-state index contributed by atoms with van der Waals surface area (Å²) in [4.78, 5) is 12.5. The van der Waals surface area contributed by atoms with Crippen LogP contribution in [0.3, 0.4) is 0 Å². The smallest absolute Gasteiger partial charge is 0.237 e. The molecule has 0 fully saturated rings. The summed E-state index contributed by atoms with van der Waals surface area (Å²) < 4.78 is -0.574. The highest BCUT2D eigenvalue weighted by Crippen LogP contribution is 2.46. The molecule has 1 aliphatic rings. The summed E-state index contributed by atoms with van der Waals surface area (Å²) in [6, 6.07) is 10.2. The molecule has 0 bridgehead atoms. The first-order chi connectivity index (χ1) is 9.99. The van der Waals surface area contributed by atoms with Crippen LogP contribution in [0.1, 0.15) is 32.3 Å². The van der Waals surface area contributed by atoms with Crippen LogP contribution in [0, 0.1) is 0 Å². The van der Waals surface area contributed by atoms with Crippen molar-refractivity contribution in [3.63, 3.8) is 0 Å². The maximum absolute atomic E-state index is 12.5. The van der Waals surface area contributed by atoms with Crippen LogP contribution in [-0.4, -0.2) is 23.1 Å². The highest BCUT2D eigenvalue weighted by Gasteiger charge is 2.47. The molecule has 2 rings (SSSR count). The van der Waals surface area contributed by atoms with Gasteiger partial charge in [-0.05, 0) is 32.3 Å². The first-order valence-electron chi connectivity index (χ1n) is 7.19. The number of hydrogen-bond acceptors (Lipinski definition) is 2. The molecule has 2 nitrogen and oxygen atoms in total. The SMILES string of the molecule is CNC(=O)[C@@]1(SCc2ccccc2)CC(C)=C(C)C[C@@H]1Cl. The van der Waals surface area contributed by atoms with Gasteiger partial charge in [0.05, 0.1) is 5.38 Å². The summed E-state index contributed by atoms with van der Waals surface area (Å²) in [6.45, 7) is 4.22. The van der Waals surface area contributed by atoms with Crippen molar-refractivity contribution in [1.29, 1.82) is 0 Å². The van der Waals surface area contributed by atoms with Crippen LogP contribution in [0.4, 0.5) is 0 Å². The lowest BCUT2D eigenvalue weighted by atomic mass is 9.83. The molecule has 0 aliphatic heterocycles. The molecular weight excluding hydrogens is 302 g/mol. The number of hydrogen-bond donors (Lipinski definition) is 1. The molecule has 0 heterocycles. The van der Waals surface area contributed by atoms with Crippen molar-refractivity contribution in [2.75, 3.05) is 7.05 Å². The van der Waals surface area contributed by atoms with Crippen LogP contribution >= 0.6 is 23.4 Å². The highest BCUT2D eigenvalue weighted by atomic mass is 35.5. The Hall–Kier alpha value is -0.930. The van der Waals surface area contributed by atoms with Crippen LogP contribution < -0.4 is 5.32 Å². The van der Waals surface area contributed by atoms with E-state index in [1.54, 1.807) is 18.8 Å². The molecule has 114 valence electrons. The average Bonchev–Trinajstić information content (AvgIpc) is 2.50. The van der Waals surface area contributed by atoms with Crippen molar-refractivity contribution in [2.24, 2.45) is 0 Å². The van der Waals surface area contributed by atoms with Crippen molar-refractivity contribution in [1.82, 2.24) is 5.32 Å². The van der Waals surface area contributed by atoms with Gasteiger partial charge in [0.15, 0.2) is 0 Å². The molecule has 1 aliphatic carbocycles. The zero-order chi connectivity index (χ0) is 15.5. The Morgan fingerprint density at radius 3 is 2.62 bits per heavy atom. The second-order valence-electron chi connectivity index (χ2n) is 5.65. The van der Waals surface area contributed by atoms with Gasteiger partial charge in [-0.2, -0.15) is 0 Å². The highest BCUT2D eigenvalue weighted by molar-refractivity contribution is 8.00. The van der Waals surface area contributed by atoms with Crippen LogP contribution in [0.2, 0.25) is 0 Å². The van der Waals surface area contributed by atoms with Gasteiger partial charge in [-0.25, -0.2) is 0 Å². The number of alkyl halides is 1. The normalized spacial score (nSPS) is 25.8. The zero-order valence-corrected chi connectivity index (χ0v) is 14.4. The quantitative estimate of drug-likeness (QED) is 0.666. The Morgan fingerprint density at radius 2 is 2.00 bits per heavy atom. The van der Waals surface area contributed by atoms with E-state index in [1.807, 2.05) is 18.2 Å². The molecule has 0 saturated heterocycles. The van der Waals surface area contributed by atoms with Gasteiger partial charge in [0.25, 0.3) is 0 Å². The topological polar surface area (TPSA) is 29.1 Å². The largest absolute Gasteiger partial charge is 0.358 e. The lowest BCUT2D eigenvalue weighted by Crippen LogP contribution is -2.51. The molecule has 0 spiro atoms. The Morgan fingerprint density at radius 1 is 1.33 bits per heavy atom. The Kier molecular flexibility index (Phi) is 5.39. The molecule has 1 amide bonds. The standard InChI is InChI=1S/C17H22ClNOS/c1-12-9-15(18)17(10-13(12)2,16(20)19-3)21-11-14-7-5-4-6-8-14/h4-8,15H,9-11H2,1-3H3,(H,19,20)/t15-,17+/m0/s1. The van der Waals surface area contributed by atoms with Gasteiger partial charge < -0.3 is 5.32 Å². The zero-order valence-electron chi connectivity index (χ0n) is 12.8. The van der Waals surface area contributed by atoms with E-state index >= 15 is 0 Å². The Balaban J connectivity index is 2.24. The van der Waals surface area contributed by atoms with Gasteiger partial charge in [-0.3, -0.25) is 4.79 Å². The van der Waals surface area contributed by atoms with Crippen LogP contribution in [0.15, 0.2) is 41.5 Å². The van der Waals surface area contributed by atoms with Crippen molar-refractivity contribution < 1.29 is 4.79 Å². The number of carbonyl (C=O) groups excluding carboxylic acids is 1. The van der Waals surface area contributed by atoms with E-state index < -0.39 is 4.75 Å². The maximum atomic E-state index is 12.5. The molecule has 1 N–H and O–H groups in total. The molecule has 1 aromatic rings. The number of rotatable bonds is 4. The molecule has 1 aromatic carbocycles. The third-order valence-corrected chi connectivity index (χ3v) is 6.46. The lowest BCUT2D eigenvalue weighted by molar-refractivity contribution is -0.123. The van der Waals surface area contributed by atoms with Crippen LogP contribution in [0.5, 0.6) is 0 Å². The summed E-state index contributed by atoms with van der Waals surface area (Å²) in [5.74, 6) is 0.833. The minimum atomic E-state index is -0.574. The van der Waals surface area contributed by atoms with Gasteiger partial charge >= 0.3 is 0 Å². The number of halogens is 1. The van der Waals surface area contributed by atoms with E-state index in [-0.39, 0.29) is 11.3 Å². The van der Waals surface area contributed by atoms with Gasteiger partial charge in [0.2, 0.25) is 5.91 Å². The summed E-state index contributed by atoms with van der Waals surface area (Å²) in [5, 5.41) is 2.64. The summed E-state index contributed by atoms with van der Waals surface area (Å²) in [5.41, 5.74) is 3.82. The fourth-order valence-electron chi connectivity index (χ4n) is 2.69. The summed E-state index contributed by atoms with van der Waals surface area (Å²) in [6.07, 6.45) is 1.51. The predicted molar refractivity (Wildman–Crippen MR) is 91.8 cm³/mol. The molecule has 2 atom stereocenters. The fourth-order valence-corrected chi connectivity index (χ4v) is 4.72. The molecule has 21 heavy (non-hydrogen) atoms. The number of benzene rings is 1. The second kappa shape index (κ2) is 6.89. The van der Waals surface area contributed by atoms with Gasteiger partial charge in [0, 0.05) is 12.8 Å². The summed E-state index contributed by atoms with van der Waals surface area (Å²) >= 11 is 8.29. The van der Waals surface area contributed by atoms with Crippen LogP contribution in [-0.2, 0) is 10.5 Å². The van der Waals surface area contributed by atoms with Crippen molar-refractivity contribution in [2.45, 2.75) is 42.6 Å². The fraction of sp³-hybridized carbons (Fsp3) is 0.471. The van der Waals surface area contributed by atoms with Gasteiger partial charge in [0.1, 0.15) is 4.75 Å².